The molecule has 32 heavy (non-hydrogen) atoms. The molecule has 0 aliphatic carbocycles. The van der Waals surface area contributed by atoms with Crippen molar-refractivity contribution in [3.63, 3.8) is 0 Å². The van der Waals surface area contributed by atoms with Crippen molar-refractivity contribution < 1.29 is 18.7 Å². The van der Waals surface area contributed by atoms with Crippen LogP contribution in [-0.2, 0) is 9.53 Å². The summed E-state index contributed by atoms with van der Waals surface area (Å²) in [5.41, 5.74) is 2.48. The second-order valence-electron chi connectivity index (χ2n) is 6.78. The summed E-state index contributed by atoms with van der Waals surface area (Å²) in [6.45, 7) is -0.548. The number of benzene rings is 3. The monoisotopic (exact) mass is 449 g/mol. The predicted octanol–water partition coefficient (Wildman–Crippen LogP) is 5.13. The minimum absolute atomic E-state index is 0.0410. The van der Waals surface area contributed by atoms with Gasteiger partial charge >= 0.3 is 5.97 Å². The van der Waals surface area contributed by atoms with Gasteiger partial charge in [-0.3, -0.25) is 4.79 Å². The zero-order valence-corrected chi connectivity index (χ0v) is 17.4. The van der Waals surface area contributed by atoms with Crippen molar-refractivity contribution in [2.45, 2.75) is 0 Å². The van der Waals surface area contributed by atoms with Crippen molar-refractivity contribution >= 4 is 29.2 Å². The van der Waals surface area contributed by atoms with E-state index in [0.29, 0.717) is 11.4 Å². The van der Waals surface area contributed by atoms with Gasteiger partial charge in [0.25, 0.3) is 5.91 Å². The first-order valence-electron chi connectivity index (χ1n) is 9.64. The summed E-state index contributed by atoms with van der Waals surface area (Å²) < 4.78 is 19.8. The van der Waals surface area contributed by atoms with E-state index >= 15 is 0 Å². The van der Waals surface area contributed by atoms with Crippen LogP contribution in [0.3, 0.4) is 0 Å². The van der Waals surface area contributed by atoms with Gasteiger partial charge in [-0.25, -0.2) is 13.9 Å². The Labute approximate surface area is 188 Å². The quantitative estimate of drug-likeness (QED) is 0.414. The molecular formula is C24H17ClFN3O3. The minimum atomic E-state index is -0.719. The lowest BCUT2D eigenvalue weighted by Crippen LogP contribution is -2.22. The SMILES string of the molecule is O=C(COC(=O)c1cc(-c2ccccc2)nn1-c1ccccc1)Nc1ccc(F)cc1Cl. The van der Waals surface area contributed by atoms with E-state index in [2.05, 4.69) is 10.4 Å². The number of esters is 1. The van der Waals surface area contributed by atoms with E-state index in [0.717, 1.165) is 17.7 Å². The van der Waals surface area contributed by atoms with E-state index in [1.54, 1.807) is 6.07 Å². The van der Waals surface area contributed by atoms with Crippen LogP contribution in [0.15, 0.2) is 84.9 Å². The summed E-state index contributed by atoms with van der Waals surface area (Å²) in [7, 11) is 0. The molecule has 1 aromatic heterocycles. The number of hydrogen-bond donors (Lipinski definition) is 1. The Kier molecular flexibility index (Phi) is 6.28. The Bertz CT molecular complexity index is 1260. The highest BCUT2D eigenvalue weighted by molar-refractivity contribution is 6.33. The third-order valence-electron chi connectivity index (χ3n) is 4.53. The van der Waals surface area contributed by atoms with Crippen molar-refractivity contribution in [2.75, 3.05) is 11.9 Å². The Morgan fingerprint density at radius 2 is 1.66 bits per heavy atom. The Morgan fingerprint density at radius 1 is 0.969 bits per heavy atom. The maximum atomic E-state index is 13.2. The molecule has 0 spiro atoms. The Hall–Kier alpha value is -3.97. The lowest BCUT2D eigenvalue weighted by atomic mass is 10.1. The summed E-state index contributed by atoms with van der Waals surface area (Å²) in [4.78, 5) is 25.0. The number of halogens is 2. The topological polar surface area (TPSA) is 73.2 Å². The second-order valence-corrected chi connectivity index (χ2v) is 7.18. The van der Waals surface area contributed by atoms with Crippen LogP contribution in [0.5, 0.6) is 0 Å². The highest BCUT2D eigenvalue weighted by Gasteiger charge is 2.20. The standard InChI is InChI=1S/C24H17ClFN3O3/c25-19-13-17(26)11-12-20(19)27-23(30)15-32-24(31)22-14-21(16-7-3-1-4-8-16)28-29(22)18-9-5-2-6-10-18/h1-14H,15H2,(H,27,30). The summed E-state index contributed by atoms with van der Waals surface area (Å²) in [6, 6.07) is 23.7. The third-order valence-corrected chi connectivity index (χ3v) is 4.84. The smallest absolute Gasteiger partial charge is 0.357 e. The van der Waals surface area contributed by atoms with Crippen molar-refractivity contribution in [1.82, 2.24) is 9.78 Å². The number of carbonyl (C=O) groups excluding carboxylic acids is 2. The van der Waals surface area contributed by atoms with Crippen LogP contribution in [-0.4, -0.2) is 28.3 Å². The number of nitrogens with zero attached hydrogens (tertiary/aromatic N) is 2. The van der Waals surface area contributed by atoms with E-state index in [-0.39, 0.29) is 16.4 Å². The number of anilines is 1. The first-order chi connectivity index (χ1) is 15.5. The molecule has 8 heteroatoms. The first-order valence-corrected chi connectivity index (χ1v) is 10.0. The number of carbonyl (C=O) groups is 2. The molecule has 1 amide bonds. The zero-order chi connectivity index (χ0) is 22.5. The van der Waals surface area contributed by atoms with Crippen LogP contribution >= 0.6 is 11.6 Å². The molecule has 1 heterocycles. The molecule has 4 rings (SSSR count). The fourth-order valence-electron chi connectivity index (χ4n) is 3.02. The van der Waals surface area contributed by atoms with Gasteiger partial charge in [-0.05, 0) is 36.4 Å². The van der Waals surface area contributed by atoms with Gasteiger partial charge in [-0.2, -0.15) is 5.10 Å². The van der Waals surface area contributed by atoms with Crippen LogP contribution in [0.1, 0.15) is 10.5 Å². The van der Waals surface area contributed by atoms with E-state index < -0.39 is 24.3 Å². The summed E-state index contributed by atoms with van der Waals surface area (Å²) in [5, 5.41) is 7.07. The highest BCUT2D eigenvalue weighted by atomic mass is 35.5. The van der Waals surface area contributed by atoms with Crippen LogP contribution in [0.25, 0.3) is 16.9 Å². The van der Waals surface area contributed by atoms with E-state index in [1.807, 2.05) is 60.7 Å². The van der Waals surface area contributed by atoms with Gasteiger partial charge < -0.3 is 10.1 Å². The number of ether oxygens (including phenoxy) is 1. The van der Waals surface area contributed by atoms with Crippen LogP contribution in [0.4, 0.5) is 10.1 Å². The molecule has 3 aromatic carbocycles. The molecule has 6 nitrogen and oxygen atoms in total. The molecule has 0 aliphatic heterocycles. The number of hydrogen-bond acceptors (Lipinski definition) is 4. The predicted molar refractivity (Wildman–Crippen MR) is 119 cm³/mol. The minimum Gasteiger partial charge on any atom is -0.451 e. The number of amides is 1. The van der Waals surface area contributed by atoms with Gasteiger partial charge in [-0.15, -0.1) is 0 Å². The molecule has 0 radical (unpaired) electrons. The average molecular weight is 450 g/mol. The molecule has 1 N–H and O–H groups in total. The summed E-state index contributed by atoms with van der Waals surface area (Å²) in [5.74, 6) is -1.85. The van der Waals surface area contributed by atoms with Gasteiger partial charge in [0.15, 0.2) is 12.3 Å². The van der Waals surface area contributed by atoms with Crippen molar-refractivity contribution in [2.24, 2.45) is 0 Å². The summed E-state index contributed by atoms with van der Waals surface area (Å²) in [6.07, 6.45) is 0. The fourth-order valence-corrected chi connectivity index (χ4v) is 3.24. The number of nitrogens with one attached hydrogen (secondary N) is 1. The van der Waals surface area contributed by atoms with E-state index in [4.69, 9.17) is 16.3 Å². The van der Waals surface area contributed by atoms with Gasteiger partial charge in [0, 0.05) is 5.56 Å². The zero-order valence-electron chi connectivity index (χ0n) is 16.7. The molecule has 0 saturated carbocycles. The lowest BCUT2D eigenvalue weighted by Gasteiger charge is -2.09. The normalized spacial score (nSPS) is 10.6. The Morgan fingerprint density at radius 3 is 2.34 bits per heavy atom. The van der Waals surface area contributed by atoms with Crippen molar-refractivity contribution in [3.05, 3.63) is 101 Å². The van der Waals surface area contributed by atoms with E-state index in [9.17, 15) is 14.0 Å². The van der Waals surface area contributed by atoms with Gasteiger partial charge in [0.1, 0.15) is 5.82 Å². The summed E-state index contributed by atoms with van der Waals surface area (Å²) >= 11 is 5.91. The molecule has 4 aromatic rings. The molecule has 160 valence electrons. The van der Waals surface area contributed by atoms with Crippen molar-refractivity contribution in [1.29, 1.82) is 0 Å². The van der Waals surface area contributed by atoms with Crippen molar-refractivity contribution in [3.8, 4) is 16.9 Å². The fraction of sp³-hybridized carbons (Fsp3) is 0.0417. The molecule has 0 saturated heterocycles. The first kappa shape index (κ1) is 21.3. The van der Waals surface area contributed by atoms with Gasteiger partial charge in [-0.1, -0.05) is 60.1 Å². The van der Waals surface area contributed by atoms with E-state index in [1.165, 1.54) is 10.7 Å². The largest absolute Gasteiger partial charge is 0.451 e. The highest BCUT2D eigenvalue weighted by Crippen LogP contribution is 2.23. The molecule has 0 unspecified atom stereocenters. The molecule has 0 fully saturated rings. The number of rotatable bonds is 6. The molecule has 0 bridgehead atoms. The maximum Gasteiger partial charge on any atom is 0.357 e. The average Bonchev–Trinajstić information content (AvgIpc) is 3.26. The molecular weight excluding hydrogens is 433 g/mol. The maximum absolute atomic E-state index is 13.2. The van der Waals surface area contributed by atoms with Gasteiger partial charge in [0.2, 0.25) is 0 Å². The Balaban J connectivity index is 1.53. The third kappa shape index (κ3) is 4.84. The molecule has 0 aliphatic rings. The second kappa shape index (κ2) is 9.45. The van der Waals surface area contributed by atoms with Crippen LogP contribution in [0, 0.1) is 5.82 Å². The van der Waals surface area contributed by atoms with Crippen LogP contribution in [0.2, 0.25) is 5.02 Å². The lowest BCUT2D eigenvalue weighted by molar-refractivity contribution is -0.119. The number of aromatic nitrogens is 2. The van der Waals surface area contributed by atoms with Crippen LogP contribution < -0.4 is 5.32 Å². The van der Waals surface area contributed by atoms with Gasteiger partial charge in [0.05, 0.1) is 22.1 Å². The number of para-hydroxylation sites is 1. The molecule has 0 atom stereocenters.